The highest BCUT2D eigenvalue weighted by Crippen LogP contribution is 2.24. The van der Waals surface area contributed by atoms with Crippen molar-refractivity contribution in [1.29, 1.82) is 0 Å². The first-order valence-corrected chi connectivity index (χ1v) is 6.28. The van der Waals surface area contributed by atoms with Crippen LogP contribution >= 0.6 is 0 Å². The number of nitro groups is 1. The number of nitrogen functional groups attached to an aromatic ring is 1. The maximum atomic E-state index is 13.3. The number of halogens is 1. The SMILES string of the molecule is Nc1cc(C(=O)NN2CCCCC2)c([N+](=O)[O-])cc1F. The number of nitrogens with two attached hydrogens (primary N) is 1. The molecule has 7 nitrogen and oxygen atoms in total. The number of piperidine rings is 1. The van der Waals surface area contributed by atoms with Crippen molar-refractivity contribution >= 4 is 17.3 Å². The van der Waals surface area contributed by atoms with E-state index in [0.717, 1.165) is 25.3 Å². The monoisotopic (exact) mass is 282 g/mol. The number of amides is 1. The van der Waals surface area contributed by atoms with E-state index in [0.29, 0.717) is 19.2 Å². The standard InChI is InChI=1S/C12H15FN4O3/c13-9-7-11(17(19)20)8(6-10(9)14)12(18)15-16-4-2-1-3-5-16/h6-7H,1-5,14H2,(H,15,18). The van der Waals surface area contributed by atoms with Crippen molar-refractivity contribution in [3.63, 3.8) is 0 Å². The summed E-state index contributed by atoms with van der Waals surface area (Å²) < 4.78 is 13.3. The van der Waals surface area contributed by atoms with Gasteiger partial charge in [-0.1, -0.05) is 6.42 Å². The molecule has 20 heavy (non-hydrogen) atoms. The van der Waals surface area contributed by atoms with Gasteiger partial charge in [-0.2, -0.15) is 0 Å². The number of nitrogens with one attached hydrogen (secondary N) is 1. The highest BCUT2D eigenvalue weighted by Gasteiger charge is 2.24. The Morgan fingerprint density at radius 1 is 1.35 bits per heavy atom. The number of carbonyl (C=O) groups excluding carboxylic acids is 1. The predicted molar refractivity (Wildman–Crippen MR) is 70.4 cm³/mol. The zero-order valence-corrected chi connectivity index (χ0v) is 10.8. The number of anilines is 1. The third-order valence-corrected chi connectivity index (χ3v) is 3.17. The fourth-order valence-corrected chi connectivity index (χ4v) is 2.12. The molecule has 2 rings (SSSR count). The van der Waals surface area contributed by atoms with E-state index in [1.807, 2.05) is 0 Å². The van der Waals surface area contributed by atoms with Gasteiger partial charge in [0.2, 0.25) is 0 Å². The molecule has 0 aliphatic carbocycles. The fourth-order valence-electron chi connectivity index (χ4n) is 2.12. The Hall–Kier alpha value is -2.22. The molecule has 1 aliphatic rings. The molecule has 1 aliphatic heterocycles. The Morgan fingerprint density at radius 2 is 2.00 bits per heavy atom. The van der Waals surface area contributed by atoms with Crippen LogP contribution in [0, 0.1) is 15.9 Å². The second-order valence-electron chi connectivity index (χ2n) is 4.64. The van der Waals surface area contributed by atoms with Crippen LogP contribution in [0.4, 0.5) is 15.8 Å². The lowest BCUT2D eigenvalue weighted by Crippen LogP contribution is -2.45. The van der Waals surface area contributed by atoms with Gasteiger partial charge < -0.3 is 5.73 Å². The number of hydrazine groups is 1. The van der Waals surface area contributed by atoms with Crippen LogP contribution in [-0.4, -0.2) is 28.9 Å². The molecule has 1 fully saturated rings. The van der Waals surface area contributed by atoms with E-state index in [4.69, 9.17) is 5.73 Å². The van der Waals surface area contributed by atoms with Crippen molar-refractivity contribution in [3.05, 3.63) is 33.6 Å². The Bertz CT molecular complexity index is 544. The molecule has 1 aromatic carbocycles. The van der Waals surface area contributed by atoms with E-state index >= 15 is 0 Å². The molecule has 1 amide bonds. The Labute approximate surface area is 114 Å². The molecule has 0 radical (unpaired) electrons. The summed E-state index contributed by atoms with van der Waals surface area (Å²) in [5.74, 6) is -1.56. The van der Waals surface area contributed by atoms with Gasteiger partial charge in [0.05, 0.1) is 16.7 Å². The van der Waals surface area contributed by atoms with Gasteiger partial charge in [-0.05, 0) is 18.9 Å². The van der Waals surface area contributed by atoms with Gasteiger partial charge in [0.1, 0.15) is 5.56 Å². The lowest BCUT2D eigenvalue weighted by Gasteiger charge is -2.26. The largest absolute Gasteiger partial charge is 0.396 e. The molecule has 1 heterocycles. The Morgan fingerprint density at radius 3 is 2.60 bits per heavy atom. The van der Waals surface area contributed by atoms with Crippen LogP contribution in [-0.2, 0) is 0 Å². The molecular formula is C12H15FN4O3. The average molecular weight is 282 g/mol. The van der Waals surface area contributed by atoms with E-state index in [1.54, 1.807) is 5.01 Å². The van der Waals surface area contributed by atoms with Gasteiger partial charge in [0.25, 0.3) is 11.6 Å². The third kappa shape index (κ3) is 3.02. The lowest BCUT2D eigenvalue weighted by molar-refractivity contribution is -0.385. The molecule has 108 valence electrons. The van der Waals surface area contributed by atoms with Crippen LogP contribution in [0.5, 0.6) is 0 Å². The molecule has 0 atom stereocenters. The zero-order chi connectivity index (χ0) is 14.7. The van der Waals surface area contributed by atoms with E-state index in [1.165, 1.54) is 0 Å². The number of carbonyl (C=O) groups is 1. The van der Waals surface area contributed by atoms with Crippen LogP contribution < -0.4 is 11.2 Å². The van der Waals surface area contributed by atoms with Gasteiger partial charge in [-0.15, -0.1) is 0 Å². The van der Waals surface area contributed by atoms with Gasteiger partial charge in [0.15, 0.2) is 5.82 Å². The summed E-state index contributed by atoms with van der Waals surface area (Å²) in [6.07, 6.45) is 3.00. The fraction of sp³-hybridized carbons (Fsp3) is 0.417. The minimum Gasteiger partial charge on any atom is -0.396 e. The van der Waals surface area contributed by atoms with Crippen LogP contribution in [0.25, 0.3) is 0 Å². The maximum absolute atomic E-state index is 13.3. The van der Waals surface area contributed by atoms with Crippen LogP contribution in [0.3, 0.4) is 0 Å². The summed E-state index contributed by atoms with van der Waals surface area (Å²) in [4.78, 5) is 22.2. The molecule has 1 saturated heterocycles. The van der Waals surface area contributed by atoms with Crippen LogP contribution in [0.1, 0.15) is 29.6 Å². The molecule has 0 unspecified atom stereocenters. The van der Waals surface area contributed by atoms with Crippen molar-refractivity contribution in [3.8, 4) is 0 Å². The van der Waals surface area contributed by atoms with E-state index < -0.39 is 22.3 Å². The molecule has 0 spiro atoms. The van der Waals surface area contributed by atoms with E-state index in [9.17, 15) is 19.3 Å². The first-order chi connectivity index (χ1) is 9.49. The van der Waals surface area contributed by atoms with Gasteiger partial charge in [-0.25, -0.2) is 9.40 Å². The van der Waals surface area contributed by atoms with Gasteiger partial charge in [0, 0.05) is 13.1 Å². The zero-order valence-electron chi connectivity index (χ0n) is 10.8. The smallest absolute Gasteiger partial charge is 0.285 e. The second-order valence-corrected chi connectivity index (χ2v) is 4.64. The van der Waals surface area contributed by atoms with E-state index in [-0.39, 0.29) is 11.3 Å². The van der Waals surface area contributed by atoms with Crippen molar-refractivity contribution in [2.75, 3.05) is 18.8 Å². The summed E-state index contributed by atoms with van der Waals surface area (Å²) in [6.45, 7) is 1.38. The highest BCUT2D eigenvalue weighted by molar-refractivity contribution is 5.98. The normalized spacial score (nSPS) is 15.8. The first kappa shape index (κ1) is 14.2. The number of nitro benzene ring substituents is 1. The molecule has 0 saturated carbocycles. The molecular weight excluding hydrogens is 267 g/mol. The van der Waals surface area contributed by atoms with Gasteiger partial charge >= 0.3 is 0 Å². The summed E-state index contributed by atoms with van der Waals surface area (Å²) in [7, 11) is 0. The number of nitrogens with zero attached hydrogens (tertiary/aromatic N) is 2. The Balaban J connectivity index is 2.23. The quantitative estimate of drug-likeness (QED) is 0.496. The molecule has 3 N–H and O–H groups in total. The topological polar surface area (TPSA) is 102 Å². The predicted octanol–water partition coefficient (Wildman–Crippen LogP) is 1.45. The highest BCUT2D eigenvalue weighted by atomic mass is 19.1. The van der Waals surface area contributed by atoms with E-state index in [2.05, 4.69) is 5.43 Å². The van der Waals surface area contributed by atoms with Crippen LogP contribution in [0.15, 0.2) is 12.1 Å². The summed E-state index contributed by atoms with van der Waals surface area (Å²) in [6, 6.07) is 1.66. The summed E-state index contributed by atoms with van der Waals surface area (Å²) >= 11 is 0. The van der Waals surface area contributed by atoms with Crippen LogP contribution in [0.2, 0.25) is 0 Å². The molecule has 8 heteroatoms. The second kappa shape index (κ2) is 5.83. The van der Waals surface area contributed by atoms with Crippen molar-refractivity contribution in [1.82, 2.24) is 10.4 Å². The number of hydrogen-bond acceptors (Lipinski definition) is 5. The lowest BCUT2D eigenvalue weighted by atomic mass is 10.1. The summed E-state index contributed by atoms with van der Waals surface area (Å²) in [5, 5.41) is 12.6. The van der Waals surface area contributed by atoms with Crippen molar-refractivity contribution in [2.24, 2.45) is 0 Å². The number of hydrogen-bond donors (Lipinski definition) is 2. The molecule has 1 aromatic rings. The first-order valence-electron chi connectivity index (χ1n) is 6.28. The minimum absolute atomic E-state index is 0.237. The average Bonchev–Trinajstić information content (AvgIpc) is 2.42. The van der Waals surface area contributed by atoms with Gasteiger partial charge in [-0.3, -0.25) is 20.3 Å². The molecule has 0 bridgehead atoms. The Kier molecular flexibility index (Phi) is 4.14. The number of benzene rings is 1. The third-order valence-electron chi connectivity index (χ3n) is 3.17. The minimum atomic E-state index is -0.911. The maximum Gasteiger partial charge on any atom is 0.285 e. The summed E-state index contributed by atoms with van der Waals surface area (Å²) in [5.41, 5.74) is 6.84. The molecule has 0 aromatic heterocycles. The van der Waals surface area contributed by atoms with Crippen molar-refractivity contribution in [2.45, 2.75) is 19.3 Å². The van der Waals surface area contributed by atoms with Crippen molar-refractivity contribution < 1.29 is 14.1 Å². The number of rotatable bonds is 3.